The Bertz CT molecular complexity index is 278. The van der Waals surface area contributed by atoms with E-state index < -0.39 is 0 Å². The molecule has 1 atom stereocenters. The molecule has 1 unspecified atom stereocenters. The summed E-state index contributed by atoms with van der Waals surface area (Å²) in [6.45, 7) is 7.88. The number of carbonyl (C=O) groups is 2. The Morgan fingerprint density at radius 3 is 2.59 bits per heavy atom. The van der Waals surface area contributed by atoms with Crippen molar-refractivity contribution in [2.45, 2.75) is 39.2 Å². The summed E-state index contributed by atoms with van der Waals surface area (Å²) in [5.41, 5.74) is -0.212. The molecule has 1 heterocycles. The van der Waals surface area contributed by atoms with E-state index in [-0.39, 0.29) is 23.3 Å². The van der Waals surface area contributed by atoms with Crippen molar-refractivity contribution in [1.29, 1.82) is 0 Å². The molecule has 0 aliphatic carbocycles. The Balaban J connectivity index is 2.14. The van der Waals surface area contributed by atoms with Gasteiger partial charge in [-0.2, -0.15) is 0 Å². The van der Waals surface area contributed by atoms with Crippen LogP contribution in [-0.4, -0.2) is 37.0 Å². The zero-order chi connectivity index (χ0) is 12.9. The number of hydrogen-bond donors (Lipinski definition) is 3. The van der Waals surface area contributed by atoms with E-state index in [1.54, 1.807) is 0 Å². The molecule has 1 saturated heterocycles. The van der Waals surface area contributed by atoms with Gasteiger partial charge in [-0.05, 0) is 33.7 Å². The van der Waals surface area contributed by atoms with E-state index in [1.165, 1.54) is 0 Å². The molecule has 0 spiro atoms. The highest BCUT2D eigenvalue weighted by atomic mass is 16.2. The first-order valence-electron chi connectivity index (χ1n) is 6.18. The topological polar surface area (TPSA) is 70.2 Å². The average Bonchev–Trinajstić information content (AvgIpc) is 2.66. The summed E-state index contributed by atoms with van der Waals surface area (Å²) >= 11 is 0. The van der Waals surface area contributed by atoms with Gasteiger partial charge < -0.3 is 16.0 Å². The van der Waals surface area contributed by atoms with Gasteiger partial charge in [0.25, 0.3) is 0 Å². The van der Waals surface area contributed by atoms with E-state index in [2.05, 4.69) is 16.0 Å². The van der Waals surface area contributed by atoms with Crippen LogP contribution >= 0.6 is 0 Å². The van der Waals surface area contributed by atoms with Crippen LogP contribution in [0.5, 0.6) is 0 Å². The Labute approximate surface area is 103 Å². The predicted octanol–water partition coefficient (Wildman–Crippen LogP) is 0.0169. The molecule has 1 aliphatic rings. The molecular formula is C12H23N3O2. The van der Waals surface area contributed by atoms with E-state index in [9.17, 15) is 9.59 Å². The van der Waals surface area contributed by atoms with Crippen molar-refractivity contribution >= 4 is 11.8 Å². The minimum Gasteiger partial charge on any atom is -0.355 e. The highest BCUT2D eigenvalue weighted by Crippen LogP contribution is 2.06. The van der Waals surface area contributed by atoms with Crippen LogP contribution in [0.1, 0.15) is 33.6 Å². The molecule has 0 radical (unpaired) electrons. The van der Waals surface area contributed by atoms with Gasteiger partial charge in [0, 0.05) is 25.0 Å². The predicted molar refractivity (Wildman–Crippen MR) is 66.5 cm³/mol. The lowest BCUT2D eigenvalue weighted by atomic mass is 10.1. The fraction of sp³-hybridized carbons (Fsp3) is 0.833. The number of hydrogen-bond acceptors (Lipinski definition) is 3. The Morgan fingerprint density at radius 2 is 2.06 bits per heavy atom. The van der Waals surface area contributed by atoms with Gasteiger partial charge in [-0.1, -0.05) is 0 Å². The van der Waals surface area contributed by atoms with Crippen molar-refractivity contribution in [3.63, 3.8) is 0 Å². The van der Waals surface area contributed by atoms with Crippen LogP contribution in [0.15, 0.2) is 0 Å². The third-order valence-corrected chi connectivity index (χ3v) is 2.60. The summed E-state index contributed by atoms with van der Waals surface area (Å²) in [4.78, 5) is 23.1. The van der Waals surface area contributed by atoms with Gasteiger partial charge in [-0.3, -0.25) is 9.59 Å². The standard InChI is InChI=1S/C12H23N3O2/c1-12(2,3)15-10(16)5-7-14-11(17)9-4-6-13-8-9/h9,13H,4-8H2,1-3H3,(H,14,17)(H,15,16). The fourth-order valence-electron chi connectivity index (χ4n) is 1.80. The first-order valence-corrected chi connectivity index (χ1v) is 6.18. The molecule has 3 N–H and O–H groups in total. The SMILES string of the molecule is CC(C)(C)NC(=O)CCNC(=O)C1CCNC1. The third kappa shape index (κ3) is 5.68. The van der Waals surface area contributed by atoms with Gasteiger partial charge in [0.05, 0.1) is 5.92 Å². The first kappa shape index (κ1) is 14.0. The van der Waals surface area contributed by atoms with E-state index >= 15 is 0 Å². The largest absolute Gasteiger partial charge is 0.355 e. The van der Waals surface area contributed by atoms with Gasteiger partial charge in [-0.15, -0.1) is 0 Å². The minimum atomic E-state index is -0.212. The number of nitrogens with one attached hydrogen (secondary N) is 3. The molecule has 98 valence electrons. The minimum absolute atomic E-state index is 0.0256. The maximum absolute atomic E-state index is 11.6. The van der Waals surface area contributed by atoms with Gasteiger partial charge in [-0.25, -0.2) is 0 Å². The summed E-state index contributed by atoms with van der Waals surface area (Å²) in [6.07, 6.45) is 1.23. The average molecular weight is 241 g/mol. The summed E-state index contributed by atoms with van der Waals surface area (Å²) in [6, 6.07) is 0. The summed E-state index contributed by atoms with van der Waals surface area (Å²) in [5.74, 6) is 0.0987. The second kappa shape index (κ2) is 6.00. The highest BCUT2D eigenvalue weighted by molar-refractivity contribution is 5.81. The lowest BCUT2D eigenvalue weighted by Crippen LogP contribution is -2.42. The maximum Gasteiger partial charge on any atom is 0.224 e. The first-order chi connectivity index (χ1) is 7.88. The van der Waals surface area contributed by atoms with Crippen molar-refractivity contribution in [2.75, 3.05) is 19.6 Å². The summed E-state index contributed by atoms with van der Waals surface area (Å²) in [7, 11) is 0. The lowest BCUT2D eigenvalue weighted by Gasteiger charge is -2.20. The molecule has 5 heteroatoms. The monoisotopic (exact) mass is 241 g/mol. The molecule has 0 saturated carbocycles. The van der Waals surface area contributed by atoms with E-state index in [1.807, 2.05) is 20.8 Å². The van der Waals surface area contributed by atoms with E-state index in [0.717, 1.165) is 19.5 Å². The van der Waals surface area contributed by atoms with Gasteiger partial charge in [0.15, 0.2) is 0 Å². The maximum atomic E-state index is 11.6. The summed E-state index contributed by atoms with van der Waals surface area (Å²) < 4.78 is 0. The quantitative estimate of drug-likeness (QED) is 0.650. The number of amides is 2. The van der Waals surface area contributed by atoms with Crippen molar-refractivity contribution in [3.05, 3.63) is 0 Å². The molecule has 2 amide bonds. The normalized spacial score (nSPS) is 20.1. The van der Waals surface area contributed by atoms with Gasteiger partial charge in [0.1, 0.15) is 0 Å². The second-order valence-corrected chi connectivity index (χ2v) is 5.53. The van der Waals surface area contributed by atoms with Crippen LogP contribution in [0.4, 0.5) is 0 Å². The molecule has 1 fully saturated rings. The van der Waals surface area contributed by atoms with Crippen LogP contribution in [0.25, 0.3) is 0 Å². The van der Waals surface area contributed by atoms with Gasteiger partial charge in [0.2, 0.25) is 11.8 Å². The second-order valence-electron chi connectivity index (χ2n) is 5.53. The van der Waals surface area contributed by atoms with Crippen LogP contribution in [-0.2, 0) is 9.59 Å². The zero-order valence-electron chi connectivity index (χ0n) is 10.9. The van der Waals surface area contributed by atoms with E-state index in [0.29, 0.717) is 13.0 Å². The highest BCUT2D eigenvalue weighted by Gasteiger charge is 2.22. The molecule has 17 heavy (non-hydrogen) atoms. The lowest BCUT2D eigenvalue weighted by molar-refractivity contribution is -0.125. The van der Waals surface area contributed by atoms with Crippen molar-refractivity contribution in [1.82, 2.24) is 16.0 Å². The molecule has 0 bridgehead atoms. The van der Waals surface area contributed by atoms with Crippen LogP contribution in [0, 0.1) is 5.92 Å². The van der Waals surface area contributed by atoms with Crippen LogP contribution in [0.2, 0.25) is 0 Å². The smallest absolute Gasteiger partial charge is 0.224 e. The zero-order valence-corrected chi connectivity index (χ0v) is 10.9. The van der Waals surface area contributed by atoms with Gasteiger partial charge >= 0.3 is 0 Å². The Kier molecular flexibility index (Phi) is 4.93. The van der Waals surface area contributed by atoms with Crippen molar-refractivity contribution < 1.29 is 9.59 Å². The molecule has 0 aromatic carbocycles. The Hall–Kier alpha value is -1.10. The Morgan fingerprint density at radius 1 is 1.35 bits per heavy atom. The molecule has 1 rings (SSSR count). The van der Waals surface area contributed by atoms with Crippen molar-refractivity contribution in [2.24, 2.45) is 5.92 Å². The van der Waals surface area contributed by atoms with Crippen LogP contribution < -0.4 is 16.0 Å². The molecular weight excluding hydrogens is 218 g/mol. The number of carbonyl (C=O) groups excluding carboxylic acids is 2. The fourth-order valence-corrected chi connectivity index (χ4v) is 1.80. The summed E-state index contributed by atoms with van der Waals surface area (Å²) in [5, 5.41) is 8.80. The molecule has 0 aromatic heterocycles. The number of rotatable bonds is 4. The van der Waals surface area contributed by atoms with Crippen molar-refractivity contribution in [3.8, 4) is 0 Å². The molecule has 5 nitrogen and oxygen atoms in total. The van der Waals surface area contributed by atoms with Crippen LogP contribution in [0.3, 0.4) is 0 Å². The molecule has 1 aliphatic heterocycles. The molecule has 0 aromatic rings. The van der Waals surface area contributed by atoms with E-state index in [4.69, 9.17) is 0 Å². The third-order valence-electron chi connectivity index (χ3n) is 2.60.